The van der Waals surface area contributed by atoms with Crippen LogP contribution >= 0.6 is 0 Å². The van der Waals surface area contributed by atoms with Crippen molar-refractivity contribution in [2.45, 2.75) is 12.8 Å². The van der Waals surface area contributed by atoms with E-state index in [-0.39, 0.29) is 5.91 Å². The van der Waals surface area contributed by atoms with Crippen LogP contribution in [0.2, 0.25) is 0 Å². The molecule has 7 nitrogen and oxygen atoms in total. The quantitative estimate of drug-likeness (QED) is 0.621. The van der Waals surface area contributed by atoms with Gasteiger partial charge in [0.15, 0.2) is 0 Å². The van der Waals surface area contributed by atoms with E-state index in [2.05, 4.69) is 15.1 Å². The smallest absolute Gasteiger partial charge is 0.335 e. The molecule has 7 heteroatoms. The average molecular weight is 436 g/mol. The second kappa shape index (κ2) is 10.3. The monoisotopic (exact) mass is 435 g/mol. The maximum Gasteiger partial charge on any atom is 0.335 e. The number of carbonyl (C=O) groups excluding carboxylic acids is 1. The Balaban J connectivity index is 1.13. The summed E-state index contributed by atoms with van der Waals surface area (Å²) in [6.45, 7) is 5.81. The number of para-hydroxylation sites is 1. The van der Waals surface area contributed by atoms with Crippen LogP contribution in [0, 0.1) is 0 Å². The van der Waals surface area contributed by atoms with Crippen molar-refractivity contribution < 1.29 is 19.4 Å². The highest BCUT2D eigenvalue weighted by molar-refractivity contribution is 5.99. The van der Waals surface area contributed by atoms with Crippen LogP contribution in [0.1, 0.15) is 28.8 Å². The lowest BCUT2D eigenvalue weighted by Crippen LogP contribution is -2.46. The molecule has 2 aliphatic rings. The number of hydrogen-bond acceptors (Lipinski definition) is 5. The van der Waals surface area contributed by atoms with Gasteiger partial charge < -0.3 is 20.1 Å². The van der Waals surface area contributed by atoms with Gasteiger partial charge in [-0.2, -0.15) is 0 Å². The number of ether oxygens (including phenoxy) is 1. The van der Waals surface area contributed by atoms with E-state index in [0.717, 1.165) is 62.6 Å². The van der Waals surface area contributed by atoms with Crippen LogP contribution in [0.15, 0.2) is 54.1 Å². The average Bonchev–Trinajstić information content (AvgIpc) is 2.84. The summed E-state index contributed by atoms with van der Waals surface area (Å²) >= 11 is 0. The SMILES string of the molecule is O=C(NCCCCN1CCN(c2ccc(C(=O)O)cc2)CC1)C1=Cc2ccccc2OC1. The van der Waals surface area contributed by atoms with E-state index in [1.807, 2.05) is 42.5 Å². The van der Waals surface area contributed by atoms with Crippen molar-refractivity contribution >= 4 is 23.6 Å². The fourth-order valence-electron chi connectivity index (χ4n) is 4.07. The molecule has 1 saturated heterocycles. The van der Waals surface area contributed by atoms with Gasteiger partial charge in [0.05, 0.1) is 11.1 Å². The molecule has 0 bridgehead atoms. The number of amides is 1. The Labute approximate surface area is 188 Å². The van der Waals surface area contributed by atoms with Gasteiger partial charge in [-0.25, -0.2) is 4.79 Å². The zero-order chi connectivity index (χ0) is 22.3. The molecule has 0 unspecified atom stereocenters. The highest BCUT2D eigenvalue weighted by atomic mass is 16.5. The number of anilines is 1. The predicted octanol–water partition coefficient (Wildman–Crippen LogP) is 2.88. The lowest BCUT2D eigenvalue weighted by atomic mass is 10.1. The maximum absolute atomic E-state index is 12.4. The summed E-state index contributed by atoms with van der Waals surface area (Å²) in [6, 6.07) is 14.8. The Morgan fingerprint density at radius 3 is 2.47 bits per heavy atom. The van der Waals surface area contributed by atoms with Crippen LogP contribution in [0.3, 0.4) is 0 Å². The number of hydrogen-bond donors (Lipinski definition) is 2. The Morgan fingerprint density at radius 1 is 0.969 bits per heavy atom. The van der Waals surface area contributed by atoms with Crippen molar-refractivity contribution in [3.05, 3.63) is 65.2 Å². The number of rotatable bonds is 8. The molecule has 4 rings (SSSR count). The molecule has 2 aromatic carbocycles. The molecular formula is C25H29N3O4. The molecule has 0 radical (unpaired) electrons. The summed E-state index contributed by atoms with van der Waals surface area (Å²) in [5.41, 5.74) is 3.00. The van der Waals surface area contributed by atoms with E-state index in [0.29, 0.717) is 24.3 Å². The van der Waals surface area contributed by atoms with E-state index in [9.17, 15) is 9.59 Å². The fraction of sp³-hybridized carbons (Fsp3) is 0.360. The number of benzene rings is 2. The van der Waals surface area contributed by atoms with Crippen molar-refractivity contribution in [2.75, 3.05) is 50.8 Å². The van der Waals surface area contributed by atoms with Crippen LogP contribution in [0.25, 0.3) is 6.08 Å². The number of carboxylic acids is 1. The zero-order valence-corrected chi connectivity index (χ0v) is 18.1. The maximum atomic E-state index is 12.4. The zero-order valence-electron chi connectivity index (χ0n) is 18.1. The van der Waals surface area contributed by atoms with Crippen molar-refractivity contribution in [1.82, 2.24) is 10.2 Å². The van der Waals surface area contributed by atoms with Crippen molar-refractivity contribution in [1.29, 1.82) is 0 Å². The lowest BCUT2D eigenvalue weighted by Gasteiger charge is -2.36. The third kappa shape index (κ3) is 5.48. The minimum Gasteiger partial charge on any atom is -0.488 e. The molecule has 1 fully saturated rings. The standard InChI is InChI=1S/C25H29N3O4/c29-24(21-17-20-5-1-2-6-23(20)32-18-21)26-11-3-4-12-27-13-15-28(16-14-27)22-9-7-19(8-10-22)25(30)31/h1-2,5-10,17H,3-4,11-16,18H2,(H,26,29)(H,30,31). The van der Waals surface area contributed by atoms with Gasteiger partial charge in [-0.3, -0.25) is 9.69 Å². The first-order valence-corrected chi connectivity index (χ1v) is 11.1. The highest BCUT2D eigenvalue weighted by Crippen LogP contribution is 2.25. The summed E-state index contributed by atoms with van der Waals surface area (Å²) < 4.78 is 5.66. The molecule has 2 aliphatic heterocycles. The number of nitrogens with one attached hydrogen (secondary N) is 1. The second-order valence-corrected chi connectivity index (χ2v) is 8.14. The Hall–Kier alpha value is -3.32. The summed E-state index contributed by atoms with van der Waals surface area (Å²) in [7, 11) is 0. The van der Waals surface area contributed by atoms with E-state index < -0.39 is 5.97 Å². The Kier molecular flexibility index (Phi) is 7.07. The molecule has 0 spiro atoms. The van der Waals surface area contributed by atoms with Gasteiger partial charge in [-0.15, -0.1) is 0 Å². The first-order chi connectivity index (χ1) is 15.6. The number of aromatic carboxylic acids is 1. The first kappa shape index (κ1) is 21.9. The Morgan fingerprint density at radius 2 is 1.72 bits per heavy atom. The summed E-state index contributed by atoms with van der Waals surface area (Å²) in [4.78, 5) is 28.1. The minimum absolute atomic E-state index is 0.0537. The van der Waals surface area contributed by atoms with Gasteiger partial charge >= 0.3 is 5.97 Å². The van der Waals surface area contributed by atoms with Crippen LogP contribution in [0.5, 0.6) is 5.75 Å². The van der Waals surface area contributed by atoms with E-state index in [1.165, 1.54) is 0 Å². The third-order valence-corrected chi connectivity index (χ3v) is 5.96. The fourth-order valence-corrected chi connectivity index (χ4v) is 4.07. The molecule has 2 aromatic rings. The van der Waals surface area contributed by atoms with Gasteiger partial charge in [-0.05, 0) is 55.8 Å². The highest BCUT2D eigenvalue weighted by Gasteiger charge is 2.18. The molecule has 2 N–H and O–H groups in total. The van der Waals surface area contributed by atoms with Crippen LogP contribution in [-0.2, 0) is 4.79 Å². The van der Waals surface area contributed by atoms with Gasteiger partial charge in [0.2, 0.25) is 0 Å². The van der Waals surface area contributed by atoms with E-state index in [1.54, 1.807) is 12.1 Å². The molecule has 0 saturated carbocycles. The number of carbonyl (C=O) groups is 2. The minimum atomic E-state index is -0.897. The van der Waals surface area contributed by atoms with Gasteiger partial charge in [-0.1, -0.05) is 18.2 Å². The molecular weight excluding hydrogens is 406 g/mol. The Bertz CT molecular complexity index is 979. The number of fused-ring (bicyclic) bond motifs is 1. The van der Waals surface area contributed by atoms with Crippen LogP contribution < -0.4 is 15.0 Å². The lowest BCUT2D eigenvalue weighted by molar-refractivity contribution is -0.117. The molecule has 0 atom stereocenters. The van der Waals surface area contributed by atoms with E-state index >= 15 is 0 Å². The number of piperazine rings is 1. The molecule has 32 heavy (non-hydrogen) atoms. The van der Waals surface area contributed by atoms with Crippen LogP contribution in [-0.4, -0.2) is 67.8 Å². The van der Waals surface area contributed by atoms with E-state index in [4.69, 9.17) is 9.84 Å². The van der Waals surface area contributed by atoms with Gasteiger partial charge in [0.1, 0.15) is 12.4 Å². The predicted molar refractivity (Wildman–Crippen MR) is 124 cm³/mol. The number of carboxylic acid groups (broad SMARTS) is 1. The second-order valence-electron chi connectivity index (χ2n) is 8.14. The van der Waals surface area contributed by atoms with Crippen molar-refractivity contribution in [3.63, 3.8) is 0 Å². The van der Waals surface area contributed by atoms with Crippen LogP contribution in [0.4, 0.5) is 5.69 Å². The normalized spacial score (nSPS) is 16.0. The van der Waals surface area contributed by atoms with Crippen molar-refractivity contribution in [3.8, 4) is 5.75 Å². The molecule has 0 aliphatic carbocycles. The number of unbranched alkanes of at least 4 members (excludes halogenated alkanes) is 1. The molecule has 1 amide bonds. The largest absolute Gasteiger partial charge is 0.488 e. The summed E-state index contributed by atoms with van der Waals surface area (Å²) in [5.74, 6) is -0.129. The van der Waals surface area contributed by atoms with Gasteiger partial charge in [0.25, 0.3) is 5.91 Å². The first-order valence-electron chi connectivity index (χ1n) is 11.1. The number of nitrogens with zero attached hydrogens (tertiary/aromatic N) is 2. The molecule has 0 aromatic heterocycles. The summed E-state index contributed by atoms with van der Waals surface area (Å²) in [5, 5.41) is 12.0. The third-order valence-electron chi connectivity index (χ3n) is 5.96. The molecule has 168 valence electrons. The summed E-state index contributed by atoms with van der Waals surface area (Å²) in [6.07, 6.45) is 3.88. The van der Waals surface area contributed by atoms with Gasteiger partial charge in [0, 0.05) is 44.0 Å². The van der Waals surface area contributed by atoms with Crippen molar-refractivity contribution in [2.24, 2.45) is 0 Å². The molecule has 2 heterocycles. The topological polar surface area (TPSA) is 82.1 Å².